The molecule has 0 fully saturated rings. The van der Waals surface area contributed by atoms with Crippen LogP contribution in [0.5, 0.6) is 11.5 Å². The lowest BCUT2D eigenvalue weighted by Gasteiger charge is -2.22. The summed E-state index contributed by atoms with van der Waals surface area (Å²) in [6.07, 6.45) is 0.922. The van der Waals surface area contributed by atoms with Crippen LogP contribution in [0.25, 0.3) is 0 Å². The summed E-state index contributed by atoms with van der Waals surface area (Å²) in [6.45, 7) is 3.18. The SMILES string of the molecule is CCC(c1ccccc1OCc1cc(Br)cc(Br)c1)c1ccccc1OCc1cc(Br)cc(Br)c1. The van der Waals surface area contributed by atoms with E-state index in [1.165, 1.54) is 0 Å². The van der Waals surface area contributed by atoms with Gasteiger partial charge in [0.1, 0.15) is 24.7 Å². The average Bonchev–Trinajstić information content (AvgIpc) is 2.82. The Bertz CT molecular complexity index is 1170. The van der Waals surface area contributed by atoms with Gasteiger partial charge >= 0.3 is 0 Å². The first-order valence-corrected chi connectivity index (χ1v) is 14.4. The van der Waals surface area contributed by atoms with E-state index in [9.17, 15) is 0 Å². The van der Waals surface area contributed by atoms with Crippen LogP contribution in [0.15, 0.2) is 103 Å². The Balaban J connectivity index is 1.58. The van der Waals surface area contributed by atoms with Crippen LogP contribution in [0.2, 0.25) is 0 Å². The van der Waals surface area contributed by atoms with E-state index in [0.29, 0.717) is 13.2 Å². The van der Waals surface area contributed by atoms with Gasteiger partial charge in [-0.25, -0.2) is 0 Å². The zero-order valence-corrected chi connectivity index (χ0v) is 25.5. The van der Waals surface area contributed by atoms with Gasteiger partial charge in [-0.2, -0.15) is 0 Å². The molecule has 0 aliphatic carbocycles. The maximum atomic E-state index is 6.34. The first-order chi connectivity index (χ1) is 16.9. The van der Waals surface area contributed by atoms with Crippen molar-refractivity contribution in [2.24, 2.45) is 0 Å². The predicted molar refractivity (Wildman–Crippen MR) is 157 cm³/mol. The highest BCUT2D eigenvalue weighted by Gasteiger charge is 2.20. The van der Waals surface area contributed by atoms with Crippen LogP contribution >= 0.6 is 63.7 Å². The van der Waals surface area contributed by atoms with Crippen molar-refractivity contribution in [1.29, 1.82) is 0 Å². The molecule has 0 aliphatic rings. The van der Waals surface area contributed by atoms with Gasteiger partial charge < -0.3 is 9.47 Å². The van der Waals surface area contributed by atoms with Crippen LogP contribution in [0, 0.1) is 0 Å². The summed E-state index contributed by atoms with van der Waals surface area (Å²) in [5.74, 6) is 1.92. The predicted octanol–water partition coefficient (Wildman–Crippen LogP) is 10.4. The molecule has 4 aromatic rings. The standard InChI is InChI=1S/C29H24Br4O2/c1-2-25(26-7-3-5-9-28(26)34-17-19-11-21(30)15-22(31)12-19)27-8-4-6-10-29(27)35-18-20-13-23(32)16-24(33)14-20/h3-16,25H,2,17-18H2,1H3. The number of para-hydroxylation sites is 2. The minimum Gasteiger partial charge on any atom is -0.489 e. The first kappa shape index (κ1) is 26.5. The Morgan fingerprint density at radius 3 is 1.31 bits per heavy atom. The minimum atomic E-state index is 0.144. The number of ether oxygens (including phenoxy) is 2. The quantitative estimate of drug-likeness (QED) is 0.171. The molecule has 0 aromatic heterocycles. The minimum absolute atomic E-state index is 0.144. The summed E-state index contributed by atoms with van der Waals surface area (Å²) in [5.41, 5.74) is 4.51. The Morgan fingerprint density at radius 2 is 0.943 bits per heavy atom. The van der Waals surface area contributed by atoms with Crippen molar-refractivity contribution in [3.05, 3.63) is 125 Å². The molecular weight excluding hydrogens is 700 g/mol. The molecule has 0 heterocycles. The highest BCUT2D eigenvalue weighted by molar-refractivity contribution is 9.11. The normalized spacial score (nSPS) is 11.0. The molecule has 0 saturated heterocycles. The molecule has 35 heavy (non-hydrogen) atoms. The van der Waals surface area contributed by atoms with Gasteiger partial charge in [0.05, 0.1) is 0 Å². The van der Waals surface area contributed by atoms with Crippen LogP contribution in [-0.4, -0.2) is 0 Å². The van der Waals surface area contributed by atoms with Crippen molar-refractivity contribution in [3.8, 4) is 11.5 Å². The fraction of sp³-hybridized carbons (Fsp3) is 0.172. The van der Waals surface area contributed by atoms with Crippen molar-refractivity contribution >= 4 is 63.7 Å². The largest absolute Gasteiger partial charge is 0.489 e. The lowest BCUT2D eigenvalue weighted by Crippen LogP contribution is -2.07. The second kappa shape index (κ2) is 12.6. The number of hydrogen-bond acceptors (Lipinski definition) is 2. The molecule has 0 atom stereocenters. The van der Waals surface area contributed by atoms with Gasteiger partial charge in [-0.05, 0) is 66.1 Å². The van der Waals surface area contributed by atoms with E-state index in [0.717, 1.165) is 58.1 Å². The van der Waals surface area contributed by atoms with Crippen molar-refractivity contribution in [3.63, 3.8) is 0 Å². The van der Waals surface area contributed by atoms with E-state index in [2.05, 4.69) is 119 Å². The maximum absolute atomic E-state index is 6.34. The van der Waals surface area contributed by atoms with Gasteiger partial charge in [0.2, 0.25) is 0 Å². The van der Waals surface area contributed by atoms with Crippen LogP contribution in [-0.2, 0) is 13.2 Å². The second-order valence-electron chi connectivity index (χ2n) is 8.17. The van der Waals surface area contributed by atoms with Gasteiger partial charge in [-0.15, -0.1) is 0 Å². The Labute approximate surface area is 240 Å². The third kappa shape index (κ3) is 7.22. The molecule has 4 rings (SSSR count). The lowest BCUT2D eigenvalue weighted by molar-refractivity contribution is 0.296. The zero-order valence-electron chi connectivity index (χ0n) is 19.1. The third-order valence-electron chi connectivity index (χ3n) is 5.63. The summed E-state index contributed by atoms with van der Waals surface area (Å²) in [6, 6.07) is 29.0. The van der Waals surface area contributed by atoms with E-state index in [-0.39, 0.29) is 5.92 Å². The van der Waals surface area contributed by atoms with Crippen molar-refractivity contribution < 1.29 is 9.47 Å². The number of hydrogen-bond donors (Lipinski definition) is 0. The van der Waals surface area contributed by atoms with Gasteiger partial charge in [0, 0.05) is 34.9 Å². The molecule has 0 bridgehead atoms. The molecule has 2 nitrogen and oxygen atoms in total. The third-order valence-corrected chi connectivity index (χ3v) is 7.46. The number of rotatable bonds is 9. The van der Waals surface area contributed by atoms with E-state index in [1.54, 1.807) is 0 Å². The molecule has 4 aromatic carbocycles. The molecule has 0 N–H and O–H groups in total. The fourth-order valence-corrected chi connectivity index (χ4v) is 6.89. The van der Waals surface area contributed by atoms with Gasteiger partial charge in [-0.1, -0.05) is 107 Å². The van der Waals surface area contributed by atoms with Gasteiger partial charge in [0.25, 0.3) is 0 Å². The Kier molecular flexibility index (Phi) is 9.51. The number of benzene rings is 4. The van der Waals surface area contributed by atoms with Crippen molar-refractivity contribution in [2.75, 3.05) is 0 Å². The van der Waals surface area contributed by atoms with E-state index >= 15 is 0 Å². The summed E-state index contributed by atoms with van der Waals surface area (Å²) >= 11 is 14.2. The highest BCUT2D eigenvalue weighted by Crippen LogP contribution is 2.39. The van der Waals surface area contributed by atoms with Crippen molar-refractivity contribution in [1.82, 2.24) is 0 Å². The summed E-state index contributed by atoms with van der Waals surface area (Å²) in [4.78, 5) is 0. The smallest absolute Gasteiger partial charge is 0.123 e. The lowest BCUT2D eigenvalue weighted by atomic mass is 9.88. The molecule has 0 aliphatic heterocycles. The van der Waals surface area contributed by atoms with Gasteiger partial charge in [0.15, 0.2) is 0 Å². The Morgan fingerprint density at radius 1 is 0.571 bits per heavy atom. The van der Waals surface area contributed by atoms with Crippen LogP contribution in [0.3, 0.4) is 0 Å². The van der Waals surface area contributed by atoms with Crippen LogP contribution in [0.4, 0.5) is 0 Å². The molecule has 0 amide bonds. The monoisotopic (exact) mass is 720 g/mol. The molecule has 0 spiro atoms. The van der Waals surface area contributed by atoms with E-state index in [4.69, 9.17) is 9.47 Å². The Hall–Kier alpha value is -1.60. The molecule has 0 radical (unpaired) electrons. The molecule has 0 saturated carbocycles. The number of halogens is 4. The van der Waals surface area contributed by atoms with E-state index in [1.807, 2.05) is 36.4 Å². The molecular formula is C29H24Br4O2. The fourth-order valence-electron chi connectivity index (χ4n) is 4.12. The molecule has 6 heteroatoms. The second-order valence-corrected chi connectivity index (χ2v) is 11.8. The first-order valence-electron chi connectivity index (χ1n) is 11.3. The molecule has 0 unspecified atom stereocenters. The highest BCUT2D eigenvalue weighted by atomic mass is 79.9. The van der Waals surface area contributed by atoms with E-state index < -0.39 is 0 Å². The summed E-state index contributed by atoms with van der Waals surface area (Å²) < 4.78 is 16.8. The van der Waals surface area contributed by atoms with Crippen molar-refractivity contribution in [2.45, 2.75) is 32.5 Å². The molecule has 180 valence electrons. The van der Waals surface area contributed by atoms with Crippen LogP contribution in [0.1, 0.15) is 41.5 Å². The topological polar surface area (TPSA) is 18.5 Å². The zero-order chi connectivity index (χ0) is 24.8. The van der Waals surface area contributed by atoms with Crippen LogP contribution < -0.4 is 9.47 Å². The maximum Gasteiger partial charge on any atom is 0.123 e. The van der Waals surface area contributed by atoms with Gasteiger partial charge in [-0.3, -0.25) is 0 Å². The summed E-state index contributed by atoms with van der Waals surface area (Å²) in [5, 5.41) is 0. The average molecular weight is 724 g/mol. The summed E-state index contributed by atoms with van der Waals surface area (Å²) in [7, 11) is 0.